The zero-order chi connectivity index (χ0) is 15.9. The van der Waals surface area contributed by atoms with Gasteiger partial charge in [0, 0.05) is 23.7 Å². The summed E-state index contributed by atoms with van der Waals surface area (Å²) in [5.41, 5.74) is 1.08. The van der Waals surface area contributed by atoms with Gasteiger partial charge in [0.05, 0.1) is 6.54 Å². The van der Waals surface area contributed by atoms with Gasteiger partial charge in [-0.3, -0.25) is 0 Å². The van der Waals surface area contributed by atoms with Gasteiger partial charge in [-0.15, -0.1) is 0 Å². The van der Waals surface area contributed by atoms with E-state index in [1.54, 1.807) is 18.7 Å². The maximum atomic E-state index is 11.8. The van der Waals surface area contributed by atoms with Gasteiger partial charge in [-0.05, 0) is 24.0 Å². The molecule has 1 aromatic heterocycles. The van der Waals surface area contributed by atoms with Crippen molar-refractivity contribution < 1.29 is 9.32 Å². The number of aryl methyl sites for hydroxylation is 1. The molecular weight excluding hydrogens is 324 g/mol. The number of urea groups is 1. The van der Waals surface area contributed by atoms with E-state index in [1.165, 1.54) is 0 Å². The maximum absolute atomic E-state index is 11.8. The molecule has 2 N–H and O–H groups in total. The molecule has 2 amide bonds. The van der Waals surface area contributed by atoms with Crippen LogP contribution >= 0.6 is 23.4 Å². The number of rotatable bonds is 6. The third kappa shape index (κ3) is 4.92. The van der Waals surface area contributed by atoms with E-state index in [9.17, 15) is 4.79 Å². The summed E-state index contributed by atoms with van der Waals surface area (Å²) in [5, 5.41) is 10.0. The minimum atomic E-state index is -0.275. The first-order valence-corrected chi connectivity index (χ1v) is 8.34. The molecule has 1 heterocycles. The van der Waals surface area contributed by atoms with Crippen molar-refractivity contribution in [2.75, 3.05) is 12.8 Å². The highest BCUT2D eigenvalue weighted by molar-refractivity contribution is 7.98. The maximum Gasteiger partial charge on any atom is 0.315 e. The van der Waals surface area contributed by atoms with Crippen LogP contribution in [0.25, 0.3) is 0 Å². The lowest BCUT2D eigenvalue weighted by molar-refractivity contribution is 0.240. The minimum Gasteiger partial charge on any atom is -0.340 e. The van der Waals surface area contributed by atoms with Gasteiger partial charge in [-0.25, -0.2) is 4.79 Å². The highest BCUT2D eigenvalue weighted by Gasteiger charge is 2.12. The number of hydrogen-bond acceptors (Lipinski definition) is 5. The molecule has 0 saturated carbocycles. The van der Waals surface area contributed by atoms with Crippen molar-refractivity contribution in [2.24, 2.45) is 0 Å². The van der Waals surface area contributed by atoms with Crippen molar-refractivity contribution >= 4 is 29.4 Å². The van der Waals surface area contributed by atoms with E-state index >= 15 is 0 Å². The van der Waals surface area contributed by atoms with Crippen molar-refractivity contribution in [3.63, 3.8) is 0 Å². The average molecular weight is 341 g/mol. The Morgan fingerprint density at radius 3 is 2.91 bits per heavy atom. The summed E-state index contributed by atoms with van der Waals surface area (Å²) in [4.78, 5) is 15.8. The van der Waals surface area contributed by atoms with E-state index < -0.39 is 0 Å². The number of carbonyl (C=O) groups is 1. The molecule has 0 saturated heterocycles. The third-order valence-corrected chi connectivity index (χ3v) is 4.17. The van der Waals surface area contributed by atoms with Gasteiger partial charge in [0.1, 0.15) is 0 Å². The zero-order valence-corrected chi connectivity index (χ0v) is 13.9. The highest BCUT2D eigenvalue weighted by atomic mass is 35.5. The Balaban J connectivity index is 1.81. The molecule has 0 aliphatic heterocycles. The van der Waals surface area contributed by atoms with Crippen molar-refractivity contribution in [1.82, 2.24) is 20.8 Å². The standard InChI is InChI=1S/C14H17ClN4O2S/c1-9-18-13(19-21-9)8-17-14(20)16-7-12(22-2)10-4-3-5-11(15)6-10/h3-6,12H,7-8H2,1-2H3,(H2,16,17,20)/t12-/m0/s1. The summed E-state index contributed by atoms with van der Waals surface area (Å²) in [5.74, 6) is 0.921. The van der Waals surface area contributed by atoms with Crippen LogP contribution in [-0.2, 0) is 6.54 Å². The van der Waals surface area contributed by atoms with Gasteiger partial charge < -0.3 is 15.2 Å². The van der Waals surface area contributed by atoms with E-state index in [4.69, 9.17) is 16.1 Å². The fourth-order valence-electron chi connectivity index (χ4n) is 1.86. The number of carbonyl (C=O) groups excluding carboxylic acids is 1. The first-order valence-electron chi connectivity index (χ1n) is 6.67. The van der Waals surface area contributed by atoms with Gasteiger partial charge in [-0.2, -0.15) is 16.7 Å². The van der Waals surface area contributed by atoms with E-state index in [-0.39, 0.29) is 17.8 Å². The zero-order valence-electron chi connectivity index (χ0n) is 12.3. The Morgan fingerprint density at radius 1 is 1.45 bits per heavy atom. The largest absolute Gasteiger partial charge is 0.340 e. The lowest BCUT2D eigenvalue weighted by atomic mass is 10.1. The summed E-state index contributed by atoms with van der Waals surface area (Å²) in [6, 6.07) is 7.36. The van der Waals surface area contributed by atoms with E-state index in [1.807, 2.05) is 30.5 Å². The number of aromatic nitrogens is 2. The number of amides is 2. The summed E-state index contributed by atoms with van der Waals surface area (Å²) in [7, 11) is 0. The monoisotopic (exact) mass is 340 g/mol. The second kappa shape index (κ2) is 8.05. The Hall–Kier alpha value is -1.73. The average Bonchev–Trinajstić information content (AvgIpc) is 2.91. The molecule has 118 valence electrons. The Bertz CT molecular complexity index is 635. The lowest BCUT2D eigenvalue weighted by Crippen LogP contribution is -2.37. The van der Waals surface area contributed by atoms with Crippen LogP contribution in [0, 0.1) is 6.92 Å². The molecule has 0 radical (unpaired) electrons. The molecule has 0 aliphatic rings. The Kier molecular flexibility index (Phi) is 6.09. The molecule has 22 heavy (non-hydrogen) atoms. The molecule has 6 nitrogen and oxygen atoms in total. The number of halogens is 1. The summed E-state index contributed by atoms with van der Waals surface area (Å²) < 4.78 is 4.83. The molecule has 8 heteroatoms. The van der Waals surface area contributed by atoms with Crippen LogP contribution in [0.5, 0.6) is 0 Å². The van der Waals surface area contributed by atoms with Crippen LogP contribution in [0.3, 0.4) is 0 Å². The number of thioether (sulfide) groups is 1. The van der Waals surface area contributed by atoms with Crippen LogP contribution in [0.4, 0.5) is 4.79 Å². The van der Waals surface area contributed by atoms with Crippen molar-refractivity contribution in [1.29, 1.82) is 0 Å². The molecular formula is C14H17ClN4O2S. The molecule has 0 unspecified atom stereocenters. The molecule has 2 aromatic rings. The van der Waals surface area contributed by atoms with Crippen LogP contribution in [0.1, 0.15) is 22.5 Å². The quantitative estimate of drug-likeness (QED) is 0.845. The smallest absolute Gasteiger partial charge is 0.315 e. The van der Waals surface area contributed by atoms with Gasteiger partial charge in [0.15, 0.2) is 5.82 Å². The van der Waals surface area contributed by atoms with Gasteiger partial charge >= 0.3 is 6.03 Å². The molecule has 0 aliphatic carbocycles. The van der Waals surface area contributed by atoms with Gasteiger partial charge in [0.25, 0.3) is 0 Å². The second-order valence-corrected chi connectivity index (χ2v) is 6.05. The number of nitrogens with zero attached hydrogens (tertiary/aromatic N) is 2. The van der Waals surface area contributed by atoms with Gasteiger partial charge in [0.2, 0.25) is 5.89 Å². The first kappa shape index (κ1) is 16.6. The number of nitrogens with one attached hydrogen (secondary N) is 2. The third-order valence-electron chi connectivity index (χ3n) is 2.93. The second-order valence-electron chi connectivity index (χ2n) is 4.57. The molecule has 1 atom stereocenters. The molecule has 0 fully saturated rings. The SMILES string of the molecule is CS[C@@H](CNC(=O)NCc1noc(C)n1)c1cccc(Cl)c1. The predicted molar refractivity (Wildman–Crippen MR) is 87.0 cm³/mol. The topological polar surface area (TPSA) is 80.0 Å². The Labute approximate surface area is 138 Å². The van der Waals surface area contributed by atoms with E-state index in [0.29, 0.717) is 23.3 Å². The van der Waals surface area contributed by atoms with Crippen molar-refractivity contribution in [3.05, 3.63) is 46.6 Å². The van der Waals surface area contributed by atoms with Crippen LogP contribution in [0.15, 0.2) is 28.8 Å². The lowest BCUT2D eigenvalue weighted by Gasteiger charge is -2.16. The molecule has 2 rings (SSSR count). The molecule has 1 aromatic carbocycles. The van der Waals surface area contributed by atoms with Crippen LogP contribution < -0.4 is 10.6 Å². The summed E-state index contributed by atoms with van der Waals surface area (Å²) in [6.07, 6.45) is 1.99. The van der Waals surface area contributed by atoms with E-state index in [2.05, 4.69) is 20.8 Å². The highest BCUT2D eigenvalue weighted by Crippen LogP contribution is 2.27. The fraction of sp³-hybridized carbons (Fsp3) is 0.357. The van der Waals surface area contributed by atoms with Crippen LogP contribution in [-0.4, -0.2) is 29.0 Å². The number of benzene rings is 1. The van der Waals surface area contributed by atoms with Gasteiger partial charge in [-0.1, -0.05) is 28.9 Å². The van der Waals surface area contributed by atoms with E-state index in [0.717, 1.165) is 5.56 Å². The first-order chi connectivity index (χ1) is 10.6. The van der Waals surface area contributed by atoms with Crippen LogP contribution in [0.2, 0.25) is 5.02 Å². The summed E-state index contributed by atoms with van der Waals surface area (Å²) >= 11 is 7.65. The van der Waals surface area contributed by atoms with Crippen molar-refractivity contribution in [2.45, 2.75) is 18.7 Å². The number of hydrogen-bond donors (Lipinski definition) is 2. The fourth-order valence-corrected chi connectivity index (χ4v) is 2.73. The minimum absolute atomic E-state index is 0.136. The Morgan fingerprint density at radius 2 is 2.27 bits per heavy atom. The molecule has 0 bridgehead atoms. The normalized spacial score (nSPS) is 12.0. The van der Waals surface area contributed by atoms with Crippen molar-refractivity contribution in [3.8, 4) is 0 Å². The summed E-state index contributed by atoms with van der Waals surface area (Å²) in [6.45, 7) is 2.42. The molecule has 0 spiro atoms. The predicted octanol–water partition coefficient (Wildman–Crippen LogP) is 2.93.